The third kappa shape index (κ3) is 11.4. The van der Waals surface area contributed by atoms with Crippen LogP contribution in [0.3, 0.4) is 0 Å². The van der Waals surface area contributed by atoms with Crippen LogP contribution in [0.25, 0.3) is 185 Å². The van der Waals surface area contributed by atoms with Crippen LogP contribution >= 0.6 is 0 Å². The molecule has 14 heteroatoms. The number of aromatic nitrogens is 12. The van der Waals surface area contributed by atoms with E-state index < -0.39 is 0 Å². The first-order valence-corrected chi connectivity index (χ1v) is 33.5. The minimum atomic E-state index is 0.656. The van der Waals surface area contributed by atoms with E-state index in [4.69, 9.17) is 33.1 Å². The largest absolute Gasteiger partial charge is 0.255 e. The fourth-order valence-corrected chi connectivity index (χ4v) is 13.7. The molecule has 20 rings (SSSR count). The van der Waals surface area contributed by atoms with Gasteiger partial charge in [0, 0.05) is 138 Å². The molecular formula is C89H56N14. The molecule has 0 unspecified atom stereocenters. The maximum absolute atomic E-state index is 7.37. The molecular weight excluding hydrogens is 1270 g/mol. The SMILES string of the molecule is Cc1ccc(-c2cnc3c(c2)c2cccnc2c2ncccc32)cc1.[C-]#[N+]c1cc(-c2ccc3c4cccnc4c4ncccc4c3n2)ccc1C.[C-]#[N+]c1cc(-c2cnc3c(c2)c2cccnc2c2ncccc32)ccc1C.c1ccc(-c2ccc3c4cccnc4c4ncccc4c3n2)cc1. The smallest absolute Gasteiger partial charge is 0.190 e. The van der Waals surface area contributed by atoms with E-state index in [9.17, 15) is 0 Å². The number of aryl methyl sites for hydroxylation is 3. The minimum Gasteiger partial charge on any atom is -0.255 e. The lowest BCUT2D eigenvalue weighted by atomic mass is 9.99. The van der Waals surface area contributed by atoms with Crippen LogP contribution in [0.1, 0.15) is 16.7 Å². The second kappa shape index (κ2) is 26.5. The van der Waals surface area contributed by atoms with Crippen molar-refractivity contribution in [1.82, 2.24) is 59.8 Å². The molecule has 12 aromatic heterocycles. The van der Waals surface area contributed by atoms with E-state index in [2.05, 4.69) is 160 Å². The minimum absolute atomic E-state index is 0.656. The lowest BCUT2D eigenvalue weighted by Gasteiger charge is -2.10. The molecule has 0 atom stereocenters. The first-order valence-electron chi connectivity index (χ1n) is 33.5. The van der Waals surface area contributed by atoms with E-state index in [1.54, 1.807) is 24.8 Å². The molecule has 0 amide bonds. The van der Waals surface area contributed by atoms with Gasteiger partial charge in [-0.15, -0.1) is 0 Å². The highest BCUT2D eigenvalue weighted by Gasteiger charge is 2.18. The summed E-state index contributed by atoms with van der Waals surface area (Å²) in [5.74, 6) is 0. The normalized spacial score (nSPS) is 11.2. The van der Waals surface area contributed by atoms with E-state index >= 15 is 0 Å². The monoisotopic (exact) mass is 1320 g/mol. The zero-order chi connectivity index (χ0) is 69.5. The molecule has 0 N–H and O–H groups in total. The van der Waals surface area contributed by atoms with Crippen molar-refractivity contribution in [1.29, 1.82) is 0 Å². The van der Waals surface area contributed by atoms with Gasteiger partial charge < -0.3 is 0 Å². The van der Waals surface area contributed by atoms with Crippen molar-refractivity contribution >= 4 is 142 Å². The Kier molecular flexibility index (Phi) is 16.0. The van der Waals surface area contributed by atoms with Crippen LogP contribution in [-0.2, 0) is 0 Å². The molecule has 0 spiro atoms. The molecule has 0 aliphatic rings. The van der Waals surface area contributed by atoms with Crippen LogP contribution in [-0.4, -0.2) is 59.8 Å². The van der Waals surface area contributed by atoms with E-state index in [1.807, 2.05) is 172 Å². The highest BCUT2D eigenvalue weighted by Crippen LogP contribution is 2.40. The molecule has 0 fully saturated rings. The van der Waals surface area contributed by atoms with Crippen molar-refractivity contribution in [3.05, 3.63) is 326 Å². The second-order valence-electron chi connectivity index (χ2n) is 25.1. The Morgan fingerprint density at radius 2 is 0.544 bits per heavy atom. The molecule has 0 aliphatic carbocycles. The number of fused-ring (bicyclic) bond motifs is 24. The van der Waals surface area contributed by atoms with Crippen LogP contribution in [0.5, 0.6) is 0 Å². The lowest BCUT2D eigenvalue weighted by molar-refractivity contribution is 1.36. The van der Waals surface area contributed by atoms with E-state index in [0.29, 0.717) is 11.4 Å². The van der Waals surface area contributed by atoms with Gasteiger partial charge in [-0.2, -0.15) is 0 Å². The van der Waals surface area contributed by atoms with Crippen molar-refractivity contribution in [2.75, 3.05) is 0 Å². The molecule has 103 heavy (non-hydrogen) atoms. The van der Waals surface area contributed by atoms with Crippen LogP contribution in [0.4, 0.5) is 11.4 Å². The van der Waals surface area contributed by atoms with E-state index in [0.717, 1.165) is 181 Å². The van der Waals surface area contributed by atoms with Gasteiger partial charge >= 0.3 is 0 Å². The van der Waals surface area contributed by atoms with Gasteiger partial charge in [0.15, 0.2) is 11.4 Å². The molecule has 0 radical (unpaired) electrons. The van der Waals surface area contributed by atoms with Gasteiger partial charge in [-0.05, 0) is 175 Å². The van der Waals surface area contributed by atoms with Crippen LogP contribution < -0.4 is 0 Å². The predicted octanol–water partition coefficient (Wildman–Crippen LogP) is 22.0. The Morgan fingerprint density at radius 3 is 0.951 bits per heavy atom. The number of hydrogen-bond acceptors (Lipinski definition) is 12. The fraction of sp³-hybridized carbons (Fsp3) is 0.0337. The second-order valence-corrected chi connectivity index (χ2v) is 25.1. The van der Waals surface area contributed by atoms with Gasteiger partial charge in [0.05, 0.1) is 90.7 Å². The van der Waals surface area contributed by atoms with Gasteiger partial charge in [0.25, 0.3) is 0 Å². The van der Waals surface area contributed by atoms with E-state index in [-0.39, 0.29) is 0 Å². The summed E-state index contributed by atoms with van der Waals surface area (Å²) in [5, 5.41) is 12.6. The van der Waals surface area contributed by atoms with Gasteiger partial charge in [-0.3, -0.25) is 49.8 Å². The van der Waals surface area contributed by atoms with Crippen molar-refractivity contribution in [3.63, 3.8) is 0 Å². The number of hydrogen-bond donors (Lipinski definition) is 0. The Hall–Kier alpha value is -14.3. The molecule has 0 saturated carbocycles. The van der Waals surface area contributed by atoms with Crippen LogP contribution in [0, 0.1) is 33.9 Å². The summed E-state index contributed by atoms with van der Waals surface area (Å²) < 4.78 is 0. The fourth-order valence-electron chi connectivity index (χ4n) is 13.7. The molecule has 14 nitrogen and oxygen atoms in total. The molecule has 8 aromatic carbocycles. The Labute approximate surface area is 590 Å². The highest BCUT2D eigenvalue weighted by molar-refractivity contribution is 6.25. The summed E-state index contributed by atoms with van der Waals surface area (Å²) >= 11 is 0. The topological polar surface area (TPSA) is 163 Å². The summed E-state index contributed by atoms with van der Waals surface area (Å²) in [4.78, 5) is 63.2. The number of rotatable bonds is 4. The van der Waals surface area contributed by atoms with Gasteiger partial charge in [0.2, 0.25) is 0 Å². The van der Waals surface area contributed by atoms with Crippen molar-refractivity contribution < 1.29 is 0 Å². The molecule has 20 aromatic rings. The zero-order valence-electron chi connectivity index (χ0n) is 55.9. The Morgan fingerprint density at radius 1 is 0.223 bits per heavy atom. The van der Waals surface area contributed by atoms with Crippen LogP contribution in [0.2, 0.25) is 0 Å². The van der Waals surface area contributed by atoms with Crippen LogP contribution in [0.15, 0.2) is 286 Å². The third-order valence-electron chi connectivity index (χ3n) is 18.8. The van der Waals surface area contributed by atoms with Gasteiger partial charge in [0.1, 0.15) is 0 Å². The molecule has 482 valence electrons. The summed E-state index contributed by atoms with van der Waals surface area (Å²) in [6, 6.07) is 75.3. The maximum atomic E-state index is 7.37. The first-order chi connectivity index (χ1) is 50.7. The average Bonchev–Trinajstić information content (AvgIpc) is 0.770. The summed E-state index contributed by atoms with van der Waals surface area (Å²) in [5.41, 5.74) is 23.6. The van der Waals surface area contributed by atoms with Crippen molar-refractivity contribution in [2.45, 2.75) is 20.8 Å². The quantitative estimate of drug-likeness (QED) is 0.121. The van der Waals surface area contributed by atoms with Crippen molar-refractivity contribution in [2.24, 2.45) is 0 Å². The van der Waals surface area contributed by atoms with Gasteiger partial charge in [-0.25, -0.2) is 19.7 Å². The number of benzene rings is 8. The Balaban J connectivity index is 0.000000102. The van der Waals surface area contributed by atoms with E-state index in [1.165, 1.54) is 11.1 Å². The lowest BCUT2D eigenvalue weighted by Crippen LogP contribution is -1.92. The predicted molar refractivity (Wildman–Crippen MR) is 418 cm³/mol. The Bertz CT molecular complexity index is 6530. The molecule has 12 heterocycles. The standard InChI is InChI=1S/2C23H14N4.C22H15N3.C21H13N3/c1-14-7-8-15(13-20(14)24-2)19-10-9-17-16-5-3-11-25-22(16)23-18(21(17)27-19)6-4-12-26-23;1-14-7-8-15(12-20(14)24-2)16-11-19-17-5-3-9-25-22(17)23-18(6-4-10-26-23)21(19)27-13-16;1-14-6-8-15(9-7-14)16-12-19-17-4-2-10-23-21(17)22-18(5-3-11-24-22)20(19)25-13-16;1-2-6-14(7-3-1)18-11-10-16-15-8-4-12-22-20(15)21-17(19(16)24-18)9-5-13-23-21/h2*3-13H,1H3;2-13H,1H3;1-13H. The van der Waals surface area contributed by atoms with Crippen molar-refractivity contribution in [3.8, 4) is 44.8 Å². The zero-order valence-corrected chi connectivity index (χ0v) is 55.9. The highest BCUT2D eigenvalue weighted by atomic mass is 14.8. The number of nitrogens with zero attached hydrogens (tertiary/aromatic N) is 14. The summed E-state index contributed by atoms with van der Waals surface area (Å²) in [7, 11) is 0. The number of pyridine rings is 12. The molecule has 0 saturated heterocycles. The first kappa shape index (κ1) is 62.2. The van der Waals surface area contributed by atoms with Gasteiger partial charge in [-0.1, -0.05) is 109 Å². The average molecular weight is 1320 g/mol. The summed E-state index contributed by atoms with van der Waals surface area (Å²) in [6.45, 7) is 20.7. The maximum Gasteiger partial charge on any atom is 0.190 e. The molecule has 0 aliphatic heterocycles. The third-order valence-corrected chi connectivity index (χ3v) is 18.8. The molecule has 0 bridgehead atoms. The summed E-state index contributed by atoms with van der Waals surface area (Å²) in [6.07, 6.45) is 18.2.